The number of aromatic nitrogens is 2. The van der Waals surface area contributed by atoms with Gasteiger partial charge in [0.15, 0.2) is 11.6 Å². The molecule has 0 saturated carbocycles. The van der Waals surface area contributed by atoms with Gasteiger partial charge in [0, 0.05) is 36.9 Å². The first-order valence-corrected chi connectivity index (χ1v) is 7.83. The first-order valence-electron chi connectivity index (χ1n) is 7.45. The maximum atomic E-state index is 6.19. The van der Waals surface area contributed by atoms with Gasteiger partial charge in [0.1, 0.15) is 12.0 Å². The van der Waals surface area contributed by atoms with Gasteiger partial charge in [0.05, 0.1) is 0 Å². The summed E-state index contributed by atoms with van der Waals surface area (Å²) in [7, 11) is 2.12. The Labute approximate surface area is 140 Å². The lowest BCUT2D eigenvalue weighted by molar-refractivity contribution is 0.178. The molecule has 0 aliphatic carbocycles. The van der Waals surface area contributed by atoms with E-state index in [9.17, 15) is 0 Å². The van der Waals surface area contributed by atoms with Crippen molar-refractivity contribution in [3.63, 3.8) is 0 Å². The minimum Gasteiger partial charge on any atom is -0.393 e. The molecule has 0 bridgehead atoms. The van der Waals surface area contributed by atoms with Crippen LogP contribution in [0.4, 0.5) is 23.0 Å². The third-order valence-corrected chi connectivity index (χ3v) is 4.01. The molecule has 1 aromatic carbocycles. The number of likely N-dealkylation sites (N-methyl/N-ethyl adjacent to an activating group) is 1. The molecule has 2 heterocycles. The van der Waals surface area contributed by atoms with Gasteiger partial charge in [-0.3, -0.25) is 0 Å². The second kappa shape index (κ2) is 6.99. The van der Waals surface area contributed by atoms with Crippen LogP contribution in [0.15, 0.2) is 30.6 Å². The lowest BCUT2D eigenvalue weighted by atomic mass is 10.3. The van der Waals surface area contributed by atoms with E-state index in [0.717, 1.165) is 31.9 Å². The number of halogens is 1. The average Bonchev–Trinajstić information content (AvgIpc) is 2.55. The highest BCUT2D eigenvalue weighted by atomic mass is 35.5. The fourth-order valence-electron chi connectivity index (χ4n) is 2.32. The molecule has 122 valence electrons. The number of rotatable bonds is 4. The predicted molar refractivity (Wildman–Crippen MR) is 93.9 cm³/mol. The number of hydrazine groups is 1. The number of anilines is 4. The van der Waals surface area contributed by atoms with Crippen molar-refractivity contribution in [2.24, 2.45) is 0 Å². The van der Waals surface area contributed by atoms with Crippen LogP contribution in [0.1, 0.15) is 0 Å². The summed E-state index contributed by atoms with van der Waals surface area (Å²) in [5, 5.41) is 5.98. The van der Waals surface area contributed by atoms with Crippen molar-refractivity contribution >= 4 is 34.6 Å². The quantitative estimate of drug-likeness (QED) is 0.789. The number of nitrogens with two attached hydrogens (primary N) is 1. The lowest BCUT2D eigenvalue weighted by Gasteiger charge is -2.32. The van der Waals surface area contributed by atoms with Crippen LogP contribution in [-0.2, 0) is 0 Å². The standard InChI is InChI=1S/C15H20ClN7/c1-22-6-8-23(9-7-22)21-15-13(17)14(18-10-19-15)20-12-4-2-11(16)3-5-12/h2-5,10H,6-9,17H2,1H3,(H2,18,19,20,21). The van der Waals surface area contributed by atoms with Crippen LogP contribution < -0.4 is 16.5 Å². The van der Waals surface area contributed by atoms with Gasteiger partial charge in [-0.2, -0.15) is 0 Å². The summed E-state index contributed by atoms with van der Waals surface area (Å²) < 4.78 is 0. The van der Waals surface area contributed by atoms with E-state index < -0.39 is 0 Å². The van der Waals surface area contributed by atoms with Crippen LogP contribution in [0.2, 0.25) is 5.02 Å². The smallest absolute Gasteiger partial charge is 0.169 e. The first-order chi connectivity index (χ1) is 11.1. The van der Waals surface area contributed by atoms with Crippen LogP contribution in [0.3, 0.4) is 0 Å². The molecule has 4 N–H and O–H groups in total. The van der Waals surface area contributed by atoms with E-state index >= 15 is 0 Å². The number of nitrogen functional groups attached to an aromatic ring is 1. The Kier molecular flexibility index (Phi) is 4.80. The van der Waals surface area contributed by atoms with Crippen molar-refractivity contribution < 1.29 is 0 Å². The Morgan fingerprint density at radius 3 is 2.39 bits per heavy atom. The van der Waals surface area contributed by atoms with E-state index in [-0.39, 0.29) is 0 Å². The summed E-state index contributed by atoms with van der Waals surface area (Å²) in [5.74, 6) is 1.18. The molecule has 2 aromatic rings. The molecular weight excluding hydrogens is 314 g/mol. The topological polar surface area (TPSA) is 82.3 Å². The highest BCUT2D eigenvalue weighted by molar-refractivity contribution is 6.30. The Morgan fingerprint density at radius 2 is 1.70 bits per heavy atom. The van der Waals surface area contributed by atoms with E-state index in [1.807, 2.05) is 24.3 Å². The largest absolute Gasteiger partial charge is 0.393 e. The predicted octanol–water partition coefficient (Wildman–Crippen LogP) is 2.03. The molecule has 0 unspecified atom stereocenters. The molecule has 3 rings (SSSR count). The van der Waals surface area contributed by atoms with Crippen molar-refractivity contribution in [2.75, 3.05) is 49.7 Å². The number of piperazine rings is 1. The molecule has 0 atom stereocenters. The van der Waals surface area contributed by atoms with E-state index in [0.29, 0.717) is 22.3 Å². The Morgan fingerprint density at radius 1 is 1.04 bits per heavy atom. The number of hydrogen-bond donors (Lipinski definition) is 3. The van der Waals surface area contributed by atoms with Gasteiger partial charge in [-0.05, 0) is 31.3 Å². The second-order valence-corrected chi connectivity index (χ2v) is 5.96. The maximum absolute atomic E-state index is 6.19. The molecule has 1 aliphatic heterocycles. The molecule has 7 nitrogen and oxygen atoms in total. The number of benzene rings is 1. The second-order valence-electron chi connectivity index (χ2n) is 5.52. The highest BCUT2D eigenvalue weighted by Gasteiger charge is 2.16. The number of hydrogen-bond acceptors (Lipinski definition) is 7. The fraction of sp³-hybridized carbons (Fsp3) is 0.333. The molecule has 0 radical (unpaired) electrons. The van der Waals surface area contributed by atoms with Crippen LogP contribution in [0, 0.1) is 0 Å². The SMILES string of the molecule is CN1CCN(Nc2ncnc(Nc3ccc(Cl)cc3)c2N)CC1. The van der Waals surface area contributed by atoms with Crippen LogP contribution in [0.25, 0.3) is 0 Å². The third-order valence-electron chi connectivity index (χ3n) is 3.76. The molecule has 0 amide bonds. The first kappa shape index (κ1) is 15.8. The zero-order valence-electron chi connectivity index (χ0n) is 13.0. The van der Waals surface area contributed by atoms with Crippen molar-refractivity contribution in [2.45, 2.75) is 0 Å². The van der Waals surface area contributed by atoms with Gasteiger partial charge in [-0.25, -0.2) is 15.0 Å². The summed E-state index contributed by atoms with van der Waals surface area (Å²) >= 11 is 5.89. The maximum Gasteiger partial charge on any atom is 0.169 e. The lowest BCUT2D eigenvalue weighted by Crippen LogP contribution is -2.47. The van der Waals surface area contributed by atoms with Gasteiger partial charge in [-0.1, -0.05) is 11.6 Å². The number of nitrogens with one attached hydrogen (secondary N) is 2. The van der Waals surface area contributed by atoms with E-state index in [4.69, 9.17) is 17.3 Å². The summed E-state index contributed by atoms with van der Waals surface area (Å²) in [4.78, 5) is 10.7. The zero-order valence-corrected chi connectivity index (χ0v) is 13.7. The molecule has 0 spiro atoms. The Bertz CT molecular complexity index is 653. The van der Waals surface area contributed by atoms with E-state index in [1.165, 1.54) is 6.33 Å². The third kappa shape index (κ3) is 4.01. The van der Waals surface area contributed by atoms with Gasteiger partial charge in [-0.15, -0.1) is 0 Å². The molecule has 1 saturated heterocycles. The van der Waals surface area contributed by atoms with Crippen LogP contribution in [-0.4, -0.2) is 53.1 Å². The summed E-state index contributed by atoms with van der Waals surface area (Å²) in [6, 6.07) is 7.37. The monoisotopic (exact) mass is 333 g/mol. The minimum absolute atomic E-state index is 0.487. The zero-order chi connectivity index (χ0) is 16.2. The summed E-state index contributed by atoms with van der Waals surface area (Å²) in [6.07, 6.45) is 1.49. The summed E-state index contributed by atoms with van der Waals surface area (Å²) in [6.45, 7) is 3.85. The fourth-order valence-corrected chi connectivity index (χ4v) is 2.45. The van der Waals surface area contributed by atoms with Gasteiger partial charge in [0.25, 0.3) is 0 Å². The van der Waals surface area contributed by atoms with Crippen molar-refractivity contribution in [1.82, 2.24) is 19.9 Å². The summed E-state index contributed by atoms with van der Waals surface area (Å²) in [5.41, 5.74) is 10.8. The van der Waals surface area contributed by atoms with Crippen LogP contribution >= 0.6 is 11.6 Å². The van der Waals surface area contributed by atoms with E-state index in [2.05, 4.69) is 37.7 Å². The van der Waals surface area contributed by atoms with E-state index in [1.54, 1.807) is 0 Å². The highest BCUT2D eigenvalue weighted by Crippen LogP contribution is 2.26. The van der Waals surface area contributed by atoms with Crippen LogP contribution in [0.5, 0.6) is 0 Å². The van der Waals surface area contributed by atoms with Gasteiger partial charge >= 0.3 is 0 Å². The van der Waals surface area contributed by atoms with Crippen molar-refractivity contribution in [1.29, 1.82) is 0 Å². The molecule has 1 aliphatic rings. The molecule has 1 fully saturated rings. The van der Waals surface area contributed by atoms with Crippen molar-refractivity contribution in [3.05, 3.63) is 35.6 Å². The van der Waals surface area contributed by atoms with Crippen molar-refractivity contribution in [3.8, 4) is 0 Å². The van der Waals surface area contributed by atoms with Gasteiger partial charge < -0.3 is 21.4 Å². The molecule has 1 aromatic heterocycles. The number of nitrogens with zero attached hydrogens (tertiary/aromatic N) is 4. The van der Waals surface area contributed by atoms with Gasteiger partial charge in [0.2, 0.25) is 0 Å². The average molecular weight is 334 g/mol. The molecule has 8 heteroatoms. The Hall–Kier alpha value is -2.09. The molecule has 23 heavy (non-hydrogen) atoms. The normalized spacial score (nSPS) is 16.3. The molecular formula is C15H20ClN7. The minimum atomic E-state index is 0.487. The Balaban J connectivity index is 1.71.